The molecule has 1 N–H and O–H groups in total. The van der Waals surface area contributed by atoms with E-state index in [2.05, 4.69) is 10.3 Å². The van der Waals surface area contributed by atoms with Crippen molar-refractivity contribution < 1.29 is 13.2 Å². The number of hydrogen-bond donors (Lipinski definition) is 1. The van der Waals surface area contributed by atoms with Crippen LogP contribution in [-0.4, -0.2) is 42.2 Å². The van der Waals surface area contributed by atoms with E-state index in [1.54, 1.807) is 11.3 Å². The highest BCUT2D eigenvalue weighted by Crippen LogP contribution is 2.22. The van der Waals surface area contributed by atoms with Crippen LogP contribution >= 0.6 is 11.3 Å². The molecule has 1 aromatic rings. The fourth-order valence-corrected chi connectivity index (χ4v) is 3.09. The Kier molecular flexibility index (Phi) is 4.81. The second-order valence-electron chi connectivity index (χ2n) is 5.02. The Morgan fingerprint density at radius 1 is 1.53 bits per heavy atom. The van der Waals surface area contributed by atoms with Gasteiger partial charge in [-0.3, -0.25) is 4.90 Å². The van der Waals surface area contributed by atoms with Crippen LogP contribution in [-0.2, 0) is 6.54 Å². The summed E-state index contributed by atoms with van der Waals surface area (Å²) < 4.78 is 36.7. The molecule has 2 heterocycles. The van der Waals surface area contributed by atoms with Gasteiger partial charge in [0.1, 0.15) is 5.01 Å². The van der Waals surface area contributed by atoms with Gasteiger partial charge in [0.2, 0.25) is 0 Å². The summed E-state index contributed by atoms with van der Waals surface area (Å²) in [5.41, 5.74) is 1.01. The average molecular weight is 293 g/mol. The third-order valence-electron chi connectivity index (χ3n) is 3.15. The lowest BCUT2D eigenvalue weighted by molar-refractivity contribution is -0.143. The van der Waals surface area contributed by atoms with Gasteiger partial charge in [0.15, 0.2) is 0 Å². The number of likely N-dealkylation sites (tertiary alicyclic amines) is 1. The Balaban J connectivity index is 1.65. The van der Waals surface area contributed by atoms with Gasteiger partial charge in [-0.2, -0.15) is 13.2 Å². The summed E-state index contributed by atoms with van der Waals surface area (Å²) in [6, 6.07) is 0. The number of halogens is 3. The highest BCUT2D eigenvalue weighted by Gasteiger charge is 2.34. The van der Waals surface area contributed by atoms with Crippen LogP contribution in [0, 0.1) is 12.8 Å². The Labute approximate surface area is 114 Å². The number of thiazole rings is 1. The molecule has 1 atom stereocenters. The molecule has 1 aliphatic heterocycles. The molecule has 7 heteroatoms. The lowest BCUT2D eigenvalue weighted by Gasteiger charge is -2.17. The summed E-state index contributed by atoms with van der Waals surface area (Å²) in [5.74, 6) is 0.309. The van der Waals surface area contributed by atoms with E-state index in [1.807, 2.05) is 12.3 Å². The first-order valence-corrected chi connectivity index (χ1v) is 7.21. The second-order valence-corrected chi connectivity index (χ2v) is 5.96. The maximum absolute atomic E-state index is 12.2. The summed E-state index contributed by atoms with van der Waals surface area (Å²) in [6.07, 6.45) is -3.25. The van der Waals surface area contributed by atoms with E-state index in [0.717, 1.165) is 23.7 Å². The minimum absolute atomic E-state index is 0.309. The van der Waals surface area contributed by atoms with Crippen molar-refractivity contribution in [1.29, 1.82) is 0 Å². The fraction of sp³-hybridized carbons (Fsp3) is 0.750. The van der Waals surface area contributed by atoms with Crippen LogP contribution in [0.5, 0.6) is 0 Å². The van der Waals surface area contributed by atoms with E-state index >= 15 is 0 Å². The van der Waals surface area contributed by atoms with Crippen molar-refractivity contribution in [1.82, 2.24) is 15.2 Å². The summed E-state index contributed by atoms with van der Waals surface area (Å²) in [4.78, 5) is 5.82. The lowest BCUT2D eigenvalue weighted by Crippen LogP contribution is -2.33. The average Bonchev–Trinajstić information content (AvgIpc) is 2.86. The van der Waals surface area contributed by atoms with Gasteiger partial charge in [0.25, 0.3) is 0 Å². The zero-order valence-electron chi connectivity index (χ0n) is 10.8. The smallest absolute Gasteiger partial charge is 0.310 e. The summed E-state index contributed by atoms with van der Waals surface area (Å²) in [7, 11) is 0. The molecule has 0 saturated carbocycles. The maximum Gasteiger partial charge on any atom is 0.401 e. The van der Waals surface area contributed by atoms with Crippen LogP contribution in [0.1, 0.15) is 17.1 Å². The van der Waals surface area contributed by atoms with E-state index < -0.39 is 12.7 Å². The van der Waals surface area contributed by atoms with E-state index in [1.165, 1.54) is 4.90 Å². The van der Waals surface area contributed by atoms with Crippen molar-refractivity contribution in [2.24, 2.45) is 5.92 Å². The molecule has 1 unspecified atom stereocenters. The minimum Gasteiger partial charge on any atom is -0.310 e. The van der Waals surface area contributed by atoms with Crippen molar-refractivity contribution in [3.63, 3.8) is 0 Å². The molecule has 0 bridgehead atoms. The molecule has 0 aromatic carbocycles. The first kappa shape index (κ1) is 14.7. The van der Waals surface area contributed by atoms with Crippen molar-refractivity contribution in [2.45, 2.75) is 26.1 Å². The summed E-state index contributed by atoms with van der Waals surface area (Å²) >= 11 is 1.61. The zero-order chi connectivity index (χ0) is 13.9. The van der Waals surface area contributed by atoms with Crippen LogP contribution in [0.3, 0.4) is 0 Å². The molecular weight excluding hydrogens is 275 g/mol. The van der Waals surface area contributed by atoms with Gasteiger partial charge >= 0.3 is 6.18 Å². The molecule has 0 spiro atoms. The second kappa shape index (κ2) is 6.19. The number of hydrogen-bond acceptors (Lipinski definition) is 4. The van der Waals surface area contributed by atoms with Crippen molar-refractivity contribution in [3.8, 4) is 0 Å². The van der Waals surface area contributed by atoms with Gasteiger partial charge in [-0.25, -0.2) is 4.98 Å². The summed E-state index contributed by atoms with van der Waals surface area (Å²) in [6.45, 7) is 3.70. The Morgan fingerprint density at radius 2 is 2.32 bits per heavy atom. The zero-order valence-corrected chi connectivity index (χ0v) is 11.7. The van der Waals surface area contributed by atoms with Crippen LogP contribution in [0.25, 0.3) is 0 Å². The molecule has 19 heavy (non-hydrogen) atoms. The molecule has 0 amide bonds. The predicted molar refractivity (Wildman–Crippen MR) is 69.2 cm³/mol. The van der Waals surface area contributed by atoms with Crippen LogP contribution < -0.4 is 5.32 Å². The third kappa shape index (κ3) is 5.08. The number of aryl methyl sites for hydroxylation is 1. The Morgan fingerprint density at radius 3 is 2.95 bits per heavy atom. The topological polar surface area (TPSA) is 28.2 Å². The number of rotatable bonds is 5. The van der Waals surface area contributed by atoms with Crippen molar-refractivity contribution >= 4 is 11.3 Å². The minimum atomic E-state index is -4.08. The molecular formula is C12H18F3N3S. The van der Waals surface area contributed by atoms with Crippen molar-refractivity contribution in [2.75, 3.05) is 26.2 Å². The molecule has 0 aliphatic carbocycles. The molecule has 3 nitrogen and oxygen atoms in total. The number of nitrogens with zero attached hydrogens (tertiary/aromatic N) is 2. The van der Waals surface area contributed by atoms with Crippen LogP contribution in [0.2, 0.25) is 0 Å². The van der Waals surface area contributed by atoms with Crippen molar-refractivity contribution in [3.05, 3.63) is 16.1 Å². The monoisotopic (exact) mass is 293 g/mol. The first-order valence-electron chi connectivity index (χ1n) is 6.33. The van der Waals surface area contributed by atoms with Gasteiger partial charge in [-0.05, 0) is 32.4 Å². The summed E-state index contributed by atoms with van der Waals surface area (Å²) in [5, 5.41) is 6.31. The van der Waals surface area contributed by atoms with E-state index in [4.69, 9.17) is 0 Å². The fourth-order valence-electron chi connectivity index (χ4n) is 2.34. The number of alkyl halides is 3. The van der Waals surface area contributed by atoms with Gasteiger partial charge < -0.3 is 5.32 Å². The van der Waals surface area contributed by atoms with Gasteiger partial charge in [0, 0.05) is 24.2 Å². The van der Waals surface area contributed by atoms with Gasteiger partial charge in [-0.1, -0.05) is 0 Å². The molecule has 1 saturated heterocycles. The van der Waals surface area contributed by atoms with Gasteiger partial charge in [-0.15, -0.1) is 11.3 Å². The molecule has 108 valence electrons. The molecule has 1 aromatic heterocycles. The van der Waals surface area contributed by atoms with E-state index in [9.17, 15) is 13.2 Å². The standard InChI is InChI=1S/C12H18F3N3S/c1-9-7-19-11(17-9)5-16-4-10-2-3-18(6-10)8-12(13,14)15/h7,10,16H,2-6,8H2,1H3. The Bertz CT molecular complexity index is 405. The molecule has 2 rings (SSSR count). The van der Waals surface area contributed by atoms with Gasteiger partial charge in [0.05, 0.1) is 6.54 Å². The highest BCUT2D eigenvalue weighted by molar-refractivity contribution is 7.09. The van der Waals surface area contributed by atoms with E-state index in [-0.39, 0.29) is 0 Å². The highest BCUT2D eigenvalue weighted by atomic mass is 32.1. The Hall–Kier alpha value is -0.660. The van der Waals surface area contributed by atoms with Crippen LogP contribution in [0.4, 0.5) is 13.2 Å². The molecule has 1 aliphatic rings. The third-order valence-corrected chi connectivity index (χ3v) is 4.12. The molecule has 1 fully saturated rings. The maximum atomic E-state index is 12.2. The SMILES string of the molecule is Cc1csc(CNCC2CCN(CC(F)(F)F)C2)n1. The predicted octanol–water partition coefficient (Wildman–Crippen LogP) is 2.43. The first-order chi connectivity index (χ1) is 8.92. The molecule has 0 radical (unpaired) electrons. The van der Waals surface area contributed by atoms with Crippen LogP contribution in [0.15, 0.2) is 5.38 Å². The normalized spacial score (nSPS) is 21.2. The lowest BCUT2D eigenvalue weighted by atomic mass is 10.1. The quantitative estimate of drug-likeness (QED) is 0.904. The number of aromatic nitrogens is 1. The number of nitrogens with one attached hydrogen (secondary N) is 1. The largest absolute Gasteiger partial charge is 0.401 e. The van der Waals surface area contributed by atoms with E-state index in [0.29, 0.717) is 25.6 Å².